The molecule has 3 amide bonds. The molecule has 0 radical (unpaired) electrons. The number of carbonyl (C=O) groups excluding carboxylic acids is 3. The van der Waals surface area contributed by atoms with Crippen LogP contribution in [0.15, 0.2) is 0 Å². The molecule has 0 aliphatic heterocycles. The first kappa shape index (κ1) is 26.1. The predicted octanol–water partition coefficient (Wildman–Crippen LogP) is 5.05. The van der Waals surface area contributed by atoms with E-state index >= 15 is 0 Å². The summed E-state index contributed by atoms with van der Waals surface area (Å²) >= 11 is 0. The van der Waals surface area contributed by atoms with Crippen LogP contribution in [0.4, 0.5) is 9.59 Å². The second-order valence-electron chi connectivity index (χ2n) is 14.7. The first-order chi connectivity index (χ1) is 17.8. The second kappa shape index (κ2) is 8.95. The molecule has 0 aromatic carbocycles. The number of nitrogens with zero attached hydrogens (tertiary/aromatic N) is 2. The van der Waals surface area contributed by atoms with Gasteiger partial charge in [-0.3, -0.25) is 9.59 Å². The van der Waals surface area contributed by atoms with Crippen molar-refractivity contribution in [3.05, 3.63) is 0 Å². The van der Waals surface area contributed by atoms with Crippen molar-refractivity contribution in [1.29, 1.82) is 0 Å². The minimum atomic E-state index is -0.956. The van der Waals surface area contributed by atoms with Gasteiger partial charge in [-0.1, -0.05) is 0 Å². The highest BCUT2D eigenvalue weighted by atomic mass is 16.6. The first-order valence-electron chi connectivity index (χ1n) is 14.9. The molecular weight excluding hydrogens is 484 g/mol. The highest BCUT2D eigenvalue weighted by Crippen LogP contribution is 2.61. The van der Waals surface area contributed by atoms with E-state index in [2.05, 4.69) is 0 Å². The van der Waals surface area contributed by atoms with Crippen LogP contribution in [0.1, 0.15) is 79.1 Å². The van der Waals surface area contributed by atoms with Crippen molar-refractivity contribution in [3.63, 3.8) is 0 Å². The number of hydrogen-bond donors (Lipinski definition) is 1. The Morgan fingerprint density at radius 3 is 1.76 bits per heavy atom. The maximum absolute atomic E-state index is 14.8. The molecule has 0 aromatic heterocycles. The molecule has 8 aliphatic rings. The van der Waals surface area contributed by atoms with Crippen molar-refractivity contribution in [2.24, 2.45) is 59.2 Å². The molecule has 12 atom stereocenters. The van der Waals surface area contributed by atoms with E-state index in [4.69, 9.17) is 4.74 Å². The van der Waals surface area contributed by atoms with Crippen molar-refractivity contribution < 1.29 is 29.0 Å². The summed E-state index contributed by atoms with van der Waals surface area (Å²) in [6, 6.07) is -0.509. The summed E-state index contributed by atoms with van der Waals surface area (Å²) in [5.74, 6) is 1.57. The molecule has 0 spiro atoms. The Kier molecular flexibility index (Phi) is 6.15. The zero-order valence-electron chi connectivity index (χ0n) is 23.5. The zero-order chi connectivity index (χ0) is 27.3. The molecule has 8 nitrogen and oxygen atoms in total. The van der Waals surface area contributed by atoms with E-state index in [1.54, 1.807) is 14.0 Å². The van der Waals surface area contributed by atoms with Crippen molar-refractivity contribution >= 4 is 23.9 Å². The fourth-order valence-corrected chi connectivity index (χ4v) is 10.7. The Bertz CT molecular complexity index is 1040. The molecule has 0 saturated heterocycles. The van der Waals surface area contributed by atoms with Gasteiger partial charge >= 0.3 is 12.2 Å². The van der Waals surface area contributed by atoms with Crippen LogP contribution in [-0.2, 0) is 14.3 Å². The lowest BCUT2D eigenvalue weighted by molar-refractivity contribution is -0.170. The first-order valence-corrected chi connectivity index (χ1v) is 14.9. The average molecular weight is 529 g/mol. The Morgan fingerprint density at radius 2 is 1.24 bits per heavy atom. The minimum Gasteiger partial charge on any atom is -0.465 e. The van der Waals surface area contributed by atoms with Crippen LogP contribution in [0.3, 0.4) is 0 Å². The lowest BCUT2D eigenvalue weighted by Gasteiger charge is -2.62. The molecule has 38 heavy (non-hydrogen) atoms. The topological polar surface area (TPSA) is 104 Å². The molecule has 8 bridgehead atoms. The van der Waals surface area contributed by atoms with Crippen molar-refractivity contribution in [1.82, 2.24) is 9.80 Å². The average Bonchev–Trinajstić information content (AvgIpc) is 2.78. The Balaban J connectivity index is 1.38. The maximum Gasteiger partial charge on any atom is 0.417 e. The van der Waals surface area contributed by atoms with Gasteiger partial charge < -0.3 is 14.7 Å². The van der Waals surface area contributed by atoms with E-state index in [-0.39, 0.29) is 65.2 Å². The number of ether oxygens (including phenoxy) is 1. The van der Waals surface area contributed by atoms with E-state index in [0.717, 1.165) is 51.4 Å². The zero-order valence-corrected chi connectivity index (χ0v) is 23.5. The highest BCUT2D eigenvalue weighted by molar-refractivity contribution is 5.95. The molecule has 8 rings (SSSR count). The molecule has 210 valence electrons. The van der Waals surface area contributed by atoms with Gasteiger partial charge in [0.1, 0.15) is 11.4 Å². The number of amides is 3. The van der Waals surface area contributed by atoms with Crippen LogP contribution >= 0.6 is 0 Å². The normalized spacial score (nSPS) is 44.1. The van der Waals surface area contributed by atoms with Crippen molar-refractivity contribution in [3.8, 4) is 0 Å². The number of carboxylic acid groups (broad SMARTS) is 1. The number of hydrogen-bond acceptors (Lipinski definition) is 5. The van der Waals surface area contributed by atoms with Crippen LogP contribution in [0.2, 0.25) is 0 Å². The fraction of sp³-hybridized carbons (Fsp3) is 0.867. The maximum atomic E-state index is 14.8. The number of Topliss-reactive ketones (excluding diaryl/α,β-unsaturated/α-hetero) is 1. The fourth-order valence-electron chi connectivity index (χ4n) is 10.7. The quantitative estimate of drug-likeness (QED) is 0.548. The summed E-state index contributed by atoms with van der Waals surface area (Å²) in [6.07, 6.45) is 6.01. The number of carbonyl (C=O) groups is 4. The molecular formula is C30H44N2O6. The lowest BCUT2D eigenvalue weighted by Crippen LogP contribution is -2.67. The van der Waals surface area contributed by atoms with E-state index < -0.39 is 17.8 Å². The van der Waals surface area contributed by atoms with Gasteiger partial charge in [-0.15, -0.1) is 0 Å². The standard InChI is InChI=1S/C30H44N2O6/c1-14(33)23-17-6-15-9-20(12-17)26(21(23)10-15)32(29(37)38-30(2,3)4)27(34)24-18-7-16-8-19(13-18)25(22(24)11-16)31(5)28(35)36/h15-26H,6-13H2,1-5H3,(H,35,36). The molecule has 12 unspecified atom stereocenters. The molecule has 8 aliphatic carbocycles. The van der Waals surface area contributed by atoms with Gasteiger partial charge in [-0.05, 0) is 126 Å². The van der Waals surface area contributed by atoms with Crippen LogP contribution < -0.4 is 0 Å². The Morgan fingerprint density at radius 1 is 0.737 bits per heavy atom. The minimum absolute atomic E-state index is 0.00505. The summed E-state index contributed by atoms with van der Waals surface area (Å²) in [5.41, 5.74) is -0.752. The molecule has 0 aromatic rings. The highest BCUT2D eigenvalue weighted by Gasteiger charge is 2.62. The second-order valence-corrected chi connectivity index (χ2v) is 14.7. The number of rotatable bonds is 4. The molecule has 8 heteroatoms. The molecule has 8 saturated carbocycles. The van der Waals surface area contributed by atoms with Gasteiger partial charge in [-0.2, -0.15) is 0 Å². The third kappa shape index (κ3) is 4.07. The summed E-state index contributed by atoms with van der Waals surface area (Å²) in [5, 5.41) is 9.86. The molecule has 8 fully saturated rings. The summed E-state index contributed by atoms with van der Waals surface area (Å²) in [4.78, 5) is 56.6. The molecule has 0 heterocycles. The summed E-state index contributed by atoms with van der Waals surface area (Å²) in [7, 11) is 1.64. The van der Waals surface area contributed by atoms with Crippen LogP contribution in [0.5, 0.6) is 0 Å². The largest absolute Gasteiger partial charge is 0.465 e. The van der Waals surface area contributed by atoms with Gasteiger partial charge in [0.05, 0.1) is 0 Å². The van der Waals surface area contributed by atoms with Gasteiger partial charge in [-0.25, -0.2) is 14.5 Å². The van der Waals surface area contributed by atoms with Crippen LogP contribution in [-0.4, -0.2) is 63.5 Å². The van der Waals surface area contributed by atoms with Crippen LogP contribution in [0.25, 0.3) is 0 Å². The van der Waals surface area contributed by atoms with Gasteiger partial charge in [0, 0.05) is 31.0 Å². The third-order valence-electron chi connectivity index (χ3n) is 11.4. The smallest absolute Gasteiger partial charge is 0.417 e. The van der Waals surface area contributed by atoms with E-state index in [0.29, 0.717) is 17.8 Å². The van der Waals surface area contributed by atoms with Crippen LogP contribution in [0, 0.1) is 59.2 Å². The molecule has 1 N–H and O–H groups in total. The van der Waals surface area contributed by atoms with Crippen molar-refractivity contribution in [2.45, 2.75) is 96.7 Å². The van der Waals surface area contributed by atoms with E-state index in [1.165, 1.54) is 9.80 Å². The SMILES string of the molecule is CC(=O)C1C2CC3CC(C2)C(N(C(=O)OC(C)(C)C)C(=O)C2C4CC5CC(C4)C(N(C)C(=O)O)C2C5)C1C3. The number of imide groups is 1. The van der Waals surface area contributed by atoms with E-state index in [1.807, 2.05) is 20.8 Å². The lowest BCUT2D eigenvalue weighted by atomic mass is 9.48. The monoisotopic (exact) mass is 528 g/mol. The third-order valence-corrected chi connectivity index (χ3v) is 11.4. The Labute approximate surface area is 225 Å². The van der Waals surface area contributed by atoms with E-state index in [9.17, 15) is 24.3 Å². The van der Waals surface area contributed by atoms with Gasteiger partial charge in [0.2, 0.25) is 5.91 Å². The number of ketones is 1. The van der Waals surface area contributed by atoms with Gasteiger partial charge in [0.15, 0.2) is 0 Å². The Hall–Kier alpha value is -2.12. The summed E-state index contributed by atoms with van der Waals surface area (Å²) in [6.45, 7) is 7.14. The summed E-state index contributed by atoms with van der Waals surface area (Å²) < 4.78 is 5.91. The van der Waals surface area contributed by atoms with Crippen molar-refractivity contribution in [2.75, 3.05) is 7.05 Å². The van der Waals surface area contributed by atoms with Gasteiger partial charge in [0.25, 0.3) is 0 Å². The predicted molar refractivity (Wildman–Crippen MR) is 139 cm³/mol.